The maximum atomic E-state index is 11.9. The summed E-state index contributed by atoms with van der Waals surface area (Å²) in [5.41, 5.74) is 1.98. The Morgan fingerprint density at radius 3 is 2.50 bits per heavy atom. The molecule has 2 aromatic rings. The van der Waals surface area contributed by atoms with E-state index in [-0.39, 0.29) is 48.3 Å². The molecule has 0 atom stereocenters. The first-order valence-corrected chi connectivity index (χ1v) is 11.2. The van der Waals surface area contributed by atoms with Gasteiger partial charge in [-0.3, -0.25) is 14.9 Å². The molecule has 0 heterocycles. The molecule has 0 aliphatic heterocycles. The van der Waals surface area contributed by atoms with Crippen molar-refractivity contribution in [2.45, 2.75) is 25.2 Å². The number of nitro benzene ring substituents is 1. The van der Waals surface area contributed by atoms with Crippen molar-refractivity contribution < 1.29 is 22.9 Å². The van der Waals surface area contributed by atoms with Gasteiger partial charge in [0, 0.05) is 25.4 Å². The SMILES string of the molecule is Cc1ccc(OCCC(=O)NCCNc2ccc(S(C)(=O)=O)cc2[N+](=O)[O-])c(C)c1. The van der Waals surface area contributed by atoms with Crippen LogP contribution in [0.2, 0.25) is 0 Å². The third kappa shape index (κ3) is 6.73. The van der Waals surface area contributed by atoms with E-state index in [4.69, 9.17) is 4.74 Å². The van der Waals surface area contributed by atoms with E-state index >= 15 is 0 Å². The van der Waals surface area contributed by atoms with Crippen LogP contribution in [0.1, 0.15) is 17.5 Å². The van der Waals surface area contributed by atoms with E-state index in [0.717, 1.165) is 29.2 Å². The minimum absolute atomic E-state index is 0.128. The van der Waals surface area contributed by atoms with Crippen LogP contribution in [0.4, 0.5) is 11.4 Å². The summed E-state index contributed by atoms with van der Waals surface area (Å²) >= 11 is 0. The molecule has 162 valence electrons. The second-order valence-electron chi connectivity index (χ2n) is 6.85. The van der Waals surface area contributed by atoms with Crippen LogP contribution in [-0.4, -0.2) is 45.2 Å². The van der Waals surface area contributed by atoms with Gasteiger partial charge in [0.05, 0.1) is 22.8 Å². The highest BCUT2D eigenvalue weighted by Gasteiger charge is 2.18. The summed E-state index contributed by atoms with van der Waals surface area (Å²) in [5, 5.41) is 16.7. The Morgan fingerprint density at radius 1 is 1.13 bits per heavy atom. The Hall–Kier alpha value is -3.14. The number of carbonyl (C=O) groups is 1. The topological polar surface area (TPSA) is 128 Å². The molecule has 0 aliphatic rings. The average molecular weight is 436 g/mol. The maximum Gasteiger partial charge on any atom is 0.293 e. The Morgan fingerprint density at radius 2 is 1.87 bits per heavy atom. The summed E-state index contributed by atoms with van der Waals surface area (Å²) in [4.78, 5) is 22.3. The number of hydrogen-bond acceptors (Lipinski definition) is 7. The van der Waals surface area contributed by atoms with Crippen LogP contribution in [-0.2, 0) is 14.6 Å². The van der Waals surface area contributed by atoms with Crippen LogP contribution >= 0.6 is 0 Å². The van der Waals surface area contributed by atoms with Crippen molar-refractivity contribution in [3.8, 4) is 5.75 Å². The third-order valence-corrected chi connectivity index (χ3v) is 5.38. The second kappa shape index (κ2) is 10.1. The molecule has 0 aromatic heterocycles. The van der Waals surface area contributed by atoms with Gasteiger partial charge in [-0.25, -0.2) is 8.42 Å². The molecule has 0 spiro atoms. The standard InChI is InChI=1S/C20H25N3O6S/c1-14-4-7-19(15(2)12-14)29-11-8-20(24)22-10-9-21-17-6-5-16(30(3,27)28)13-18(17)23(25)26/h4-7,12-13,21H,8-11H2,1-3H3,(H,22,24). The molecule has 2 aromatic carbocycles. The predicted octanol–water partition coefficient (Wildman–Crippen LogP) is 2.61. The van der Waals surface area contributed by atoms with Crippen molar-refractivity contribution in [2.24, 2.45) is 0 Å². The molecule has 2 rings (SSSR count). The Bertz CT molecular complexity index is 1040. The molecule has 0 saturated heterocycles. The van der Waals surface area contributed by atoms with Crippen molar-refractivity contribution >= 4 is 27.1 Å². The van der Waals surface area contributed by atoms with Crippen LogP contribution in [0.15, 0.2) is 41.3 Å². The lowest BCUT2D eigenvalue weighted by molar-refractivity contribution is -0.384. The van der Waals surface area contributed by atoms with Gasteiger partial charge in [0.15, 0.2) is 9.84 Å². The van der Waals surface area contributed by atoms with Gasteiger partial charge in [-0.05, 0) is 37.6 Å². The quantitative estimate of drug-likeness (QED) is 0.333. The van der Waals surface area contributed by atoms with E-state index in [9.17, 15) is 23.3 Å². The lowest BCUT2D eigenvalue weighted by atomic mass is 10.1. The fourth-order valence-corrected chi connectivity index (χ4v) is 3.39. The molecule has 10 heteroatoms. The molecule has 30 heavy (non-hydrogen) atoms. The molecule has 0 bridgehead atoms. The fraction of sp³-hybridized carbons (Fsp3) is 0.350. The molecule has 0 radical (unpaired) electrons. The number of benzene rings is 2. The zero-order valence-corrected chi connectivity index (χ0v) is 17.9. The summed E-state index contributed by atoms with van der Waals surface area (Å²) in [6, 6.07) is 9.47. The highest BCUT2D eigenvalue weighted by Crippen LogP contribution is 2.27. The van der Waals surface area contributed by atoms with Gasteiger partial charge >= 0.3 is 0 Å². The number of sulfone groups is 1. The van der Waals surface area contributed by atoms with Gasteiger partial charge in [-0.2, -0.15) is 0 Å². The fourth-order valence-electron chi connectivity index (χ4n) is 2.75. The number of aryl methyl sites for hydroxylation is 2. The molecule has 2 N–H and O–H groups in total. The molecule has 1 amide bonds. The number of nitrogens with zero attached hydrogens (tertiary/aromatic N) is 1. The summed E-state index contributed by atoms with van der Waals surface area (Å²) in [7, 11) is -3.55. The summed E-state index contributed by atoms with van der Waals surface area (Å²) in [6.07, 6.45) is 1.16. The summed E-state index contributed by atoms with van der Waals surface area (Å²) in [5.74, 6) is 0.531. The number of ether oxygens (including phenoxy) is 1. The van der Waals surface area contributed by atoms with Crippen molar-refractivity contribution in [1.29, 1.82) is 0 Å². The van der Waals surface area contributed by atoms with Gasteiger partial charge in [-0.1, -0.05) is 17.7 Å². The van der Waals surface area contributed by atoms with Gasteiger partial charge in [-0.15, -0.1) is 0 Å². The van der Waals surface area contributed by atoms with Crippen molar-refractivity contribution in [3.63, 3.8) is 0 Å². The minimum atomic E-state index is -3.55. The molecule has 0 aliphatic carbocycles. The highest BCUT2D eigenvalue weighted by molar-refractivity contribution is 7.90. The van der Waals surface area contributed by atoms with Gasteiger partial charge in [0.2, 0.25) is 5.91 Å². The van der Waals surface area contributed by atoms with Crippen LogP contribution in [0.3, 0.4) is 0 Å². The number of amides is 1. The monoisotopic (exact) mass is 435 g/mol. The summed E-state index contributed by atoms with van der Waals surface area (Å²) < 4.78 is 28.7. The van der Waals surface area contributed by atoms with Gasteiger partial charge < -0.3 is 15.4 Å². The van der Waals surface area contributed by atoms with Crippen molar-refractivity contribution in [1.82, 2.24) is 5.32 Å². The first kappa shape index (κ1) is 23.1. The van der Waals surface area contributed by atoms with Crippen molar-refractivity contribution in [2.75, 3.05) is 31.3 Å². The Kier molecular flexibility index (Phi) is 7.76. The lowest BCUT2D eigenvalue weighted by Crippen LogP contribution is -2.29. The predicted molar refractivity (Wildman–Crippen MR) is 114 cm³/mol. The third-order valence-electron chi connectivity index (χ3n) is 4.27. The first-order chi connectivity index (χ1) is 14.1. The number of anilines is 1. The highest BCUT2D eigenvalue weighted by atomic mass is 32.2. The van der Waals surface area contributed by atoms with E-state index in [1.165, 1.54) is 12.1 Å². The Labute approximate surface area is 175 Å². The van der Waals surface area contributed by atoms with Crippen molar-refractivity contribution in [3.05, 3.63) is 57.6 Å². The molecular weight excluding hydrogens is 410 g/mol. The summed E-state index contributed by atoms with van der Waals surface area (Å²) in [6.45, 7) is 4.65. The van der Waals surface area contributed by atoms with E-state index in [0.29, 0.717) is 0 Å². The normalized spacial score (nSPS) is 11.0. The molecule has 9 nitrogen and oxygen atoms in total. The van der Waals surface area contributed by atoms with Crippen LogP contribution in [0.5, 0.6) is 5.75 Å². The molecule has 0 unspecified atom stereocenters. The molecule has 0 fully saturated rings. The number of carbonyl (C=O) groups excluding carboxylic acids is 1. The first-order valence-electron chi connectivity index (χ1n) is 9.27. The van der Waals surface area contributed by atoms with E-state index < -0.39 is 14.8 Å². The second-order valence-corrected chi connectivity index (χ2v) is 8.87. The maximum absolute atomic E-state index is 11.9. The molecule has 0 saturated carbocycles. The van der Waals surface area contributed by atoms with E-state index in [1.54, 1.807) is 0 Å². The van der Waals surface area contributed by atoms with Crippen LogP contribution in [0, 0.1) is 24.0 Å². The van der Waals surface area contributed by atoms with E-state index in [2.05, 4.69) is 10.6 Å². The number of nitro groups is 1. The van der Waals surface area contributed by atoms with Crippen LogP contribution in [0.25, 0.3) is 0 Å². The lowest BCUT2D eigenvalue weighted by Gasteiger charge is -2.11. The zero-order chi connectivity index (χ0) is 22.3. The molecular formula is C20H25N3O6S. The number of hydrogen-bond donors (Lipinski definition) is 2. The average Bonchev–Trinajstić information content (AvgIpc) is 2.66. The zero-order valence-electron chi connectivity index (χ0n) is 17.1. The largest absolute Gasteiger partial charge is 0.493 e. The van der Waals surface area contributed by atoms with Gasteiger partial charge in [0.1, 0.15) is 11.4 Å². The smallest absolute Gasteiger partial charge is 0.293 e. The van der Waals surface area contributed by atoms with Crippen LogP contribution < -0.4 is 15.4 Å². The number of rotatable bonds is 10. The van der Waals surface area contributed by atoms with Gasteiger partial charge in [0.25, 0.3) is 5.69 Å². The Balaban J connectivity index is 1.79. The van der Waals surface area contributed by atoms with E-state index in [1.807, 2.05) is 32.0 Å². The minimum Gasteiger partial charge on any atom is -0.493 e. The number of nitrogens with one attached hydrogen (secondary N) is 2.